The molecule has 1 rings (SSSR count). The minimum atomic E-state index is -4.74. The van der Waals surface area contributed by atoms with Crippen LogP contribution in [0.15, 0.2) is 37.1 Å². The lowest BCUT2D eigenvalue weighted by atomic mass is 10.2. The van der Waals surface area contributed by atoms with Gasteiger partial charge in [0.15, 0.2) is 5.69 Å². The Hall–Kier alpha value is -2.35. The molecule has 0 unspecified atom stereocenters. The van der Waals surface area contributed by atoms with E-state index >= 15 is 0 Å². The predicted octanol–water partition coefficient (Wildman–Crippen LogP) is 2.58. The molecule has 0 aliphatic carbocycles. The first-order valence-electron chi connectivity index (χ1n) is 6.98. The van der Waals surface area contributed by atoms with E-state index in [9.17, 15) is 18.0 Å². The number of nitrogens with zero attached hydrogens (tertiary/aromatic N) is 2. The number of rotatable bonds is 7. The SMILES string of the molecule is C=C(/C=C\C=C/CC)n1cc(C(=O)NCCN)c(C(F)(F)F)n1. The van der Waals surface area contributed by atoms with Crippen LogP contribution in [0.4, 0.5) is 13.2 Å². The van der Waals surface area contributed by atoms with E-state index in [4.69, 9.17) is 5.73 Å². The Kier molecular flexibility index (Phi) is 6.77. The van der Waals surface area contributed by atoms with E-state index in [0.29, 0.717) is 0 Å². The molecule has 0 fully saturated rings. The molecular weight excluding hydrogens is 309 g/mol. The van der Waals surface area contributed by atoms with Crippen molar-refractivity contribution >= 4 is 11.6 Å². The molecule has 1 amide bonds. The number of allylic oxidation sites excluding steroid dienone is 5. The zero-order valence-electron chi connectivity index (χ0n) is 12.7. The Morgan fingerprint density at radius 2 is 2.17 bits per heavy atom. The molecule has 0 bridgehead atoms. The molecule has 126 valence electrons. The first-order valence-corrected chi connectivity index (χ1v) is 6.98. The summed E-state index contributed by atoms with van der Waals surface area (Å²) in [4.78, 5) is 11.8. The van der Waals surface area contributed by atoms with Crippen LogP contribution in [0.3, 0.4) is 0 Å². The van der Waals surface area contributed by atoms with Crippen LogP contribution >= 0.6 is 0 Å². The van der Waals surface area contributed by atoms with Crippen LogP contribution in [0.2, 0.25) is 0 Å². The maximum Gasteiger partial charge on any atom is 0.435 e. The van der Waals surface area contributed by atoms with Gasteiger partial charge in [0, 0.05) is 19.3 Å². The van der Waals surface area contributed by atoms with E-state index < -0.39 is 23.3 Å². The molecule has 0 atom stereocenters. The van der Waals surface area contributed by atoms with Gasteiger partial charge < -0.3 is 11.1 Å². The lowest BCUT2D eigenvalue weighted by molar-refractivity contribution is -0.141. The van der Waals surface area contributed by atoms with Gasteiger partial charge in [0.2, 0.25) is 0 Å². The first kappa shape index (κ1) is 18.7. The molecule has 0 aliphatic heterocycles. The van der Waals surface area contributed by atoms with Crippen LogP contribution in [0.1, 0.15) is 29.4 Å². The number of aromatic nitrogens is 2. The molecule has 0 radical (unpaired) electrons. The van der Waals surface area contributed by atoms with Gasteiger partial charge in [-0.05, 0) is 12.5 Å². The van der Waals surface area contributed by atoms with Gasteiger partial charge in [0.05, 0.1) is 11.3 Å². The van der Waals surface area contributed by atoms with Gasteiger partial charge in [-0.15, -0.1) is 0 Å². The Bertz CT molecular complexity index is 615. The Balaban J connectivity index is 3.09. The average molecular weight is 328 g/mol. The van der Waals surface area contributed by atoms with Crippen molar-refractivity contribution in [3.63, 3.8) is 0 Å². The third kappa shape index (κ3) is 5.41. The fourth-order valence-electron chi connectivity index (χ4n) is 1.64. The second kappa shape index (κ2) is 8.33. The molecule has 0 saturated heterocycles. The molecule has 1 aromatic rings. The fraction of sp³-hybridized carbons (Fsp3) is 0.333. The molecule has 1 aromatic heterocycles. The molecule has 0 spiro atoms. The molecule has 1 heterocycles. The Labute approximate surface area is 132 Å². The molecule has 8 heteroatoms. The van der Waals surface area contributed by atoms with Crippen molar-refractivity contribution in [2.75, 3.05) is 13.1 Å². The number of hydrogen-bond donors (Lipinski definition) is 2. The summed E-state index contributed by atoms with van der Waals surface area (Å²) in [7, 11) is 0. The maximum atomic E-state index is 13.0. The summed E-state index contributed by atoms with van der Waals surface area (Å²) >= 11 is 0. The number of hydrogen-bond acceptors (Lipinski definition) is 3. The van der Waals surface area contributed by atoms with Crippen molar-refractivity contribution in [3.8, 4) is 0 Å². The molecule has 0 saturated carbocycles. The predicted molar refractivity (Wildman–Crippen MR) is 82.5 cm³/mol. The summed E-state index contributed by atoms with van der Waals surface area (Å²) in [5, 5.41) is 5.73. The molecule has 0 aromatic carbocycles. The summed E-state index contributed by atoms with van der Waals surface area (Å²) in [5.74, 6) is -0.878. The van der Waals surface area contributed by atoms with E-state index in [1.54, 1.807) is 12.2 Å². The second-order valence-corrected chi connectivity index (χ2v) is 4.57. The highest BCUT2D eigenvalue weighted by Gasteiger charge is 2.39. The van der Waals surface area contributed by atoms with Gasteiger partial charge in [0.25, 0.3) is 5.91 Å². The number of nitrogens with one attached hydrogen (secondary N) is 1. The van der Waals surface area contributed by atoms with Gasteiger partial charge in [-0.2, -0.15) is 18.3 Å². The van der Waals surface area contributed by atoms with E-state index in [2.05, 4.69) is 17.0 Å². The lowest BCUT2D eigenvalue weighted by Gasteiger charge is -2.06. The Morgan fingerprint density at radius 3 is 2.74 bits per heavy atom. The number of carbonyl (C=O) groups excluding carboxylic acids is 1. The summed E-state index contributed by atoms with van der Waals surface area (Å²) < 4.78 is 40.0. The first-order chi connectivity index (χ1) is 10.8. The van der Waals surface area contributed by atoms with Crippen molar-refractivity contribution < 1.29 is 18.0 Å². The molecule has 0 aliphatic rings. The van der Waals surface area contributed by atoms with Crippen molar-refractivity contribution in [1.29, 1.82) is 0 Å². The highest BCUT2D eigenvalue weighted by atomic mass is 19.4. The van der Waals surface area contributed by atoms with Crippen LogP contribution < -0.4 is 11.1 Å². The van der Waals surface area contributed by atoms with Gasteiger partial charge in [-0.25, -0.2) is 4.68 Å². The van der Waals surface area contributed by atoms with E-state index in [1.165, 1.54) is 6.08 Å². The van der Waals surface area contributed by atoms with E-state index in [1.807, 2.05) is 13.0 Å². The molecular formula is C15H19F3N4O. The average Bonchev–Trinajstić information content (AvgIpc) is 2.94. The van der Waals surface area contributed by atoms with Crippen LogP contribution in [0, 0.1) is 0 Å². The number of halogens is 3. The van der Waals surface area contributed by atoms with Crippen molar-refractivity contribution in [1.82, 2.24) is 15.1 Å². The van der Waals surface area contributed by atoms with Gasteiger partial charge in [0.1, 0.15) is 0 Å². The third-order valence-electron chi connectivity index (χ3n) is 2.72. The van der Waals surface area contributed by atoms with Crippen molar-refractivity contribution in [3.05, 3.63) is 48.3 Å². The normalized spacial score (nSPS) is 12.2. The topological polar surface area (TPSA) is 72.9 Å². The lowest BCUT2D eigenvalue weighted by Crippen LogP contribution is -2.30. The zero-order chi connectivity index (χ0) is 17.5. The quantitative estimate of drug-likeness (QED) is 0.756. The van der Waals surface area contributed by atoms with Crippen molar-refractivity contribution in [2.45, 2.75) is 19.5 Å². The standard InChI is InChI=1S/C15H19F3N4O/c1-3-4-5-6-7-11(2)22-10-12(14(23)20-9-8-19)13(21-22)15(16,17)18/h4-7,10H,2-3,8-9,19H2,1H3,(H,20,23)/b5-4-,7-6-. The molecule has 23 heavy (non-hydrogen) atoms. The van der Waals surface area contributed by atoms with E-state index in [-0.39, 0.29) is 18.8 Å². The summed E-state index contributed by atoms with van der Waals surface area (Å²) in [6.45, 7) is 5.79. The summed E-state index contributed by atoms with van der Waals surface area (Å²) in [5.41, 5.74) is 3.60. The van der Waals surface area contributed by atoms with Crippen LogP contribution in [-0.4, -0.2) is 28.8 Å². The smallest absolute Gasteiger partial charge is 0.351 e. The van der Waals surface area contributed by atoms with Crippen LogP contribution in [-0.2, 0) is 6.18 Å². The second-order valence-electron chi connectivity index (χ2n) is 4.57. The number of amides is 1. The van der Waals surface area contributed by atoms with E-state index in [0.717, 1.165) is 17.3 Å². The number of alkyl halides is 3. The van der Waals surface area contributed by atoms with Crippen LogP contribution in [0.5, 0.6) is 0 Å². The Morgan fingerprint density at radius 1 is 1.48 bits per heavy atom. The van der Waals surface area contributed by atoms with Gasteiger partial charge in [-0.1, -0.05) is 31.7 Å². The van der Waals surface area contributed by atoms with Crippen LogP contribution in [0.25, 0.3) is 5.70 Å². The largest absolute Gasteiger partial charge is 0.435 e. The summed E-state index contributed by atoms with van der Waals surface area (Å²) in [6.07, 6.45) is 3.85. The number of carbonyl (C=O) groups is 1. The van der Waals surface area contributed by atoms with Crippen molar-refractivity contribution in [2.24, 2.45) is 5.73 Å². The molecule has 3 N–H and O–H groups in total. The minimum absolute atomic E-state index is 0.0734. The fourth-order valence-corrected chi connectivity index (χ4v) is 1.64. The third-order valence-corrected chi connectivity index (χ3v) is 2.72. The highest BCUT2D eigenvalue weighted by Crippen LogP contribution is 2.31. The minimum Gasteiger partial charge on any atom is -0.351 e. The highest BCUT2D eigenvalue weighted by molar-refractivity contribution is 5.95. The van der Waals surface area contributed by atoms with Gasteiger partial charge >= 0.3 is 6.18 Å². The van der Waals surface area contributed by atoms with Gasteiger partial charge in [-0.3, -0.25) is 4.79 Å². The number of nitrogens with two attached hydrogens (primary N) is 1. The monoisotopic (exact) mass is 328 g/mol. The maximum absolute atomic E-state index is 13.0. The summed E-state index contributed by atoms with van der Waals surface area (Å²) in [6, 6.07) is 0. The molecule has 5 nitrogen and oxygen atoms in total. The zero-order valence-corrected chi connectivity index (χ0v) is 12.7.